The number of imide groups is 1. The zero-order valence-electron chi connectivity index (χ0n) is 8.09. The average molecular weight is 184 g/mol. The van der Waals surface area contributed by atoms with E-state index in [0.717, 1.165) is 19.3 Å². The number of primary amides is 1. The number of nitrogens with two attached hydrogens (primary N) is 1. The van der Waals surface area contributed by atoms with Crippen LogP contribution in [0.2, 0.25) is 0 Å². The highest BCUT2D eigenvalue weighted by Gasteiger charge is 2.39. The minimum absolute atomic E-state index is 0.000463. The molecule has 4 nitrogen and oxygen atoms in total. The van der Waals surface area contributed by atoms with Crippen molar-refractivity contribution in [3.05, 3.63) is 0 Å². The maximum absolute atomic E-state index is 11.5. The maximum atomic E-state index is 11.5. The number of carbonyl (C=O) groups is 2. The third-order valence-electron chi connectivity index (χ3n) is 2.82. The number of amides is 3. The average Bonchev–Trinajstić information content (AvgIpc) is 2.27. The van der Waals surface area contributed by atoms with Crippen LogP contribution in [-0.2, 0) is 4.79 Å². The minimum Gasteiger partial charge on any atom is -0.351 e. The summed E-state index contributed by atoms with van der Waals surface area (Å²) < 4.78 is 0. The smallest absolute Gasteiger partial charge is 0.318 e. The molecule has 1 aliphatic carbocycles. The second-order valence-corrected chi connectivity index (χ2v) is 4.29. The van der Waals surface area contributed by atoms with E-state index >= 15 is 0 Å². The van der Waals surface area contributed by atoms with Gasteiger partial charge in [-0.1, -0.05) is 20.3 Å². The number of carbonyl (C=O) groups excluding carboxylic acids is 2. The molecule has 0 aromatic rings. The van der Waals surface area contributed by atoms with Crippen molar-refractivity contribution in [2.45, 2.75) is 33.1 Å². The predicted octanol–water partition coefficient (Wildman–Crippen LogP) is 1.01. The standard InChI is InChI=1S/C9H16N2O2/c1-9(2)5-3-4-6(9)7(12)11-8(10)13/h6H,3-5H2,1-2H3,(H3,10,11,12,13). The van der Waals surface area contributed by atoms with Gasteiger partial charge in [-0.25, -0.2) is 4.79 Å². The zero-order valence-corrected chi connectivity index (χ0v) is 8.09. The van der Waals surface area contributed by atoms with Crippen LogP contribution in [0.25, 0.3) is 0 Å². The van der Waals surface area contributed by atoms with Gasteiger partial charge in [0.25, 0.3) is 0 Å². The highest BCUT2D eigenvalue weighted by atomic mass is 16.2. The quantitative estimate of drug-likeness (QED) is 0.638. The molecular weight excluding hydrogens is 168 g/mol. The molecular formula is C9H16N2O2. The zero-order chi connectivity index (χ0) is 10.1. The lowest BCUT2D eigenvalue weighted by molar-refractivity contribution is -0.126. The van der Waals surface area contributed by atoms with Crippen molar-refractivity contribution in [2.75, 3.05) is 0 Å². The Kier molecular flexibility index (Phi) is 2.59. The van der Waals surface area contributed by atoms with Gasteiger partial charge < -0.3 is 5.73 Å². The van der Waals surface area contributed by atoms with E-state index in [4.69, 9.17) is 5.73 Å². The molecule has 1 fully saturated rings. The first-order chi connectivity index (χ1) is 5.93. The molecule has 74 valence electrons. The van der Waals surface area contributed by atoms with E-state index < -0.39 is 6.03 Å². The first kappa shape index (κ1) is 10.0. The van der Waals surface area contributed by atoms with Crippen LogP contribution < -0.4 is 11.1 Å². The van der Waals surface area contributed by atoms with Crippen LogP contribution in [0.5, 0.6) is 0 Å². The molecule has 1 unspecified atom stereocenters. The van der Waals surface area contributed by atoms with Gasteiger partial charge in [0.15, 0.2) is 0 Å². The normalized spacial score (nSPS) is 25.5. The lowest BCUT2D eigenvalue weighted by Crippen LogP contribution is -2.42. The topological polar surface area (TPSA) is 72.2 Å². The van der Waals surface area contributed by atoms with E-state index in [2.05, 4.69) is 5.32 Å². The number of nitrogens with one attached hydrogen (secondary N) is 1. The van der Waals surface area contributed by atoms with Crippen LogP contribution in [0.3, 0.4) is 0 Å². The van der Waals surface area contributed by atoms with E-state index in [-0.39, 0.29) is 17.2 Å². The molecule has 0 spiro atoms. The molecule has 13 heavy (non-hydrogen) atoms. The highest BCUT2D eigenvalue weighted by molar-refractivity contribution is 5.95. The fourth-order valence-corrected chi connectivity index (χ4v) is 2.02. The molecule has 0 aromatic heterocycles. The summed E-state index contributed by atoms with van der Waals surface area (Å²) in [5.74, 6) is -0.296. The van der Waals surface area contributed by atoms with Gasteiger partial charge in [-0.2, -0.15) is 0 Å². The lowest BCUT2D eigenvalue weighted by Gasteiger charge is -2.25. The van der Waals surface area contributed by atoms with Gasteiger partial charge in [0, 0.05) is 5.92 Å². The molecule has 0 aromatic carbocycles. The summed E-state index contributed by atoms with van der Waals surface area (Å²) in [7, 11) is 0. The van der Waals surface area contributed by atoms with Gasteiger partial charge in [0.1, 0.15) is 0 Å². The summed E-state index contributed by atoms with van der Waals surface area (Å²) in [5, 5.41) is 2.14. The Bertz CT molecular complexity index is 236. The fourth-order valence-electron chi connectivity index (χ4n) is 2.02. The van der Waals surface area contributed by atoms with Crippen molar-refractivity contribution < 1.29 is 9.59 Å². The Morgan fingerprint density at radius 1 is 1.46 bits per heavy atom. The van der Waals surface area contributed by atoms with E-state index in [1.54, 1.807) is 0 Å². The predicted molar refractivity (Wildman–Crippen MR) is 48.8 cm³/mol. The fraction of sp³-hybridized carbons (Fsp3) is 0.778. The Labute approximate surface area is 77.9 Å². The third kappa shape index (κ3) is 2.20. The molecule has 1 rings (SSSR count). The molecule has 3 amide bonds. The molecule has 0 aliphatic heterocycles. The van der Waals surface area contributed by atoms with Gasteiger partial charge in [0.2, 0.25) is 5.91 Å². The van der Waals surface area contributed by atoms with Gasteiger partial charge in [-0.15, -0.1) is 0 Å². The van der Waals surface area contributed by atoms with Crippen molar-refractivity contribution in [3.8, 4) is 0 Å². The monoisotopic (exact) mass is 184 g/mol. The van der Waals surface area contributed by atoms with Crippen molar-refractivity contribution in [2.24, 2.45) is 17.1 Å². The van der Waals surface area contributed by atoms with E-state index in [0.29, 0.717) is 0 Å². The first-order valence-corrected chi connectivity index (χ1v) is 4.54. The Morgan fingerprint density at radius 2 is 2.08 bits per heavy atom. The highest BCUT2D eigenvalue weighted by Crippen LogP contribution is 2.42. The second kappa shape index (κ2) is 3.36. The Morgan fingerprint density at radius 3 is 2.46 bits per heavy atom. The summed E-state index contributed by atoms with van der Waals surface area (Å²) in [6.45, 7) is 4.09. The molecule has 4 heteroatoms. The van der Waals surface area contributed by atoms with Crippen LogP contribution in [0, 0.1) is 11.3 Å². The molecule has 0 radical (unpaired) electrons. The maximum Gasteiger partial charge on any atom is 0.318 e. The summed E-state index contributed by atoms with van der Waals surface area (Å²) in [6, 6.07) is -0.757. The first-order valence-electron chi connectivity index (χ1n) is 4.54. The van der Waals surface area contributed by atoms with E-state index in [9.17, 15) is 9.59 Å². The summed E-state index contributed by atoms with van der Waals surface area (Å²) >= 11 is 0. The van der Waals surface area contributed by atoms with Crippen molar-refractivity contribution in [1.82, 2.24) is 5.32 Å². The molecule has 1 atom stereocenters. The van der Waals surface area contributed by atoms with Crippen LogP contribution in [0.1, 0.15) is 33.1 Å². The lowest BCUT2D eigenvalue weighted by atomic mass is 9.81. The summed E-state index contributed by atoms with van der Waals surface area (Å²) in [6.07, 6.45) is 2.93. The number of hydrogen-bond acceptors (Lipinski definition) is 2. The van der Waals surface area contributed by atoms with Crippen LogP contribution in [0.4, 0.5) is 4.79 Å². The second-order valence-electron chi connectivity index (χ2n) is 4.29. The van der Waals surface area contributed by atoms with Gasteiger partial charge in [0.05, 0.1) is 0 Å². The molecule has 1 saturated carbocycles. The van der Waals surface area contributed by atoms with Crippen molar-refractivity contribution in [1.29, 1.82) is 0 Å². The number of rotatable bonds is 1. The van der Waals surface area contributed by atoms with Crippen LogP contribution in [-0.4, -0.2) is 11.9 Å². The molecule has 0 heterocycles. The summed E-state index contributed by atoms with van der Waals surface area (Å²) in [4.78, 5) is 21.9. The number of urea groups is 1. The van der Waals surface area contributed by atoms with Crippen LogP contribution in [0.15, 0.2) is 0 Å². The van der Waals surface area contributed by atoms with E-state index in [1.807, 2.05) is 13.8 Å². The van der Waals surface area contributed by atoms with Gasteiger partial charge >= 0.3 is 6.03 Å². The SMILES string of the molecule is CC1(C)CCCC1C(=O)NC(N)=O. The van der Waals surface area contributed by atoms with Crippen molar-refractivity contribution >= 4 is 11.9 Å². The van der Waals surface area contributed by atoms with Crippen LogP contribution >= 0.6 is 0 Å². The minimum atomic E-state index is -0.757. The van der Waals surface area contributed by atoms with Crippen molar-refractivity contribution in [3.63, 3.8) is 0 Å². The number of hydrogen-bond donors (Lipinski definition) is 2. The molecule has 3 N–H and O–H groups in total. The Hall–Kier alpha value is -1.06. The largest absolute Gasteiger partial charge is 0.351 e. The van der Waals surface area contributed by atoms with Gasteiger partial charge in [-0.3, -0.25) is 10.1 Å². The summed E-state index contributed by atoms with van der Waals surface area (Å²) in [5.41, 5.74) is 4.88. The molecule has 0 saturated heterocycles. The molecule has 0 bridgehead atoms. The third-order valence-corrected chi connectivity index (χ3v) is 2.82. The van der Waals surface area contributed by atoms with Gasteiger partial charge in [-0.05, 0) is 18.3 Å². The van der Waals surface area contributed by atoms with E-state index in [1.165, 1.54) is 0 Å². The molecule has 1 aliphatic rings. The Balaban J connectivity index is 2.61.